The van der Waals surface area contributed by atoms with E-state index in [1.807, 2.05) is 11.8 Å². The van der Waals surface area contributed by atoms with Crippen LogP contribution in [-0.4, -0.2) is 34.6 Å². The zero-order valence-corrected chi connectivity index (χ0v) is 14.0. The Labute approximate surface area is 148 Å². The third-order valence-corrected chi connectivity index (χ3v) is 3.61. The number of likely N-dealkylation sites (N-methyl/N-ethyl adjacent to an activating group) is 1. The van der Waals surface area contributed by atoms with Gasteiger partial charge in [0.25, 0.3) is 5.69 Å². The molecule has 0 heterocycles. The second-order valence-corrected chi connectivity index (χ2v) is 5.21. The highest BCUT2D eigenvalue weighted by molar-refractivity contribution is 5.62. The molecule has 0 aliphatic heterocycles. The van der Waals surface area contributed by atoms with Gasteiger partial charge in [0.15, 0.2) is 5.69 Å². The van der Waals surface area contributed by atoms with E-state index in [1.165, 1.54) is 6.07 Å². The van der Waals surface area contributed by atoms with Gasteiger partial charge in [-0.1, -0.05) is 0 Å². The van der Waals surface area contributed by atoms with Crippen LogP contribution in [0.4, 0.5) is 28.4 Å². The number of nitro benzene ring substituents is 2. The molecular weight excluding hydrogens is 342 g/mol. The summed E-state index contributed by atoms with van der Waals surface area (Å²) in [4.78, 5) is 22.3. The average molecular weight is 359 g/mol. The van der Waals surface area contributed by atoms with E-state index in [2.05, 4.69) is 10.2 Å². The highest BCUT2D eigenvalue weighted by atomic mass is 16.6. The summed E-state index contributed by atoms with van der Waals surface area (Å²) in [5.41, 5.74) is 0.437. The van der Waals surface area contributed by atoms with Gasteiger partial charge in [0, 0.05) is 24.8 Å². The summed E-state index contributed by atoms with van der Waals surface area (Å²) < 4.78 is 0. The van der Waals surface area contributed by atoms with Crippen LogP contribution in [0.3, 0.4) is 0 Å². The maximum atomic E-state index is 11.1. The minimum absolute atomic E-state index is 0.0408. The lowest BCUT2D eigenvalue weighted by atomic mass is 10.2. The molecule has 0 saturated heterocycles. The topological polar surface area (TPSA) is 134 Å². The van der Waals surface area contributed by atoms with Gasteiger partial charge < -0.3 is 10.0 Å². The molecule has 10 nitrogen and oxygen atoms in total. The number of aliphatic hydroxyl groups is 1. The highest BCUT2D eigenvalue weighted by Gasteiger charge is 2.19. The molecule has 0 atom stereocenters. The van der Waals surface area contributed by atoms with Crippen LogP contribution in [-0.2, 0) is 0 Å². The molecule has 2 aromatic carbocycles. The number of aliphatic hydroxyl groups excluding tert-OH is 1. The maximum absolute atomic E-state index is 11.1. The quantitative estimate of drug-likeness (QED) is 0.433. The van der Waals surface area contributed by atoms with Crippen LogP contribution in [0.25, 0.3) is 0 Å². The fourth-order valence-corrected chi connectivity index (χ4v) is 2.29. The zero-order chi connectivity index (χ0) is 19.1. The Morgan fingerprint density at radius 2 is 1.73 bits per heavy atom. The first kappa shape index (κ1) is 18.9. The van der Waals surface area contributed by atoms with Crippen LogP contribution >= 0.6 is 0 Å². The first-order valence-corrected chi connectivity index (χ1v) is 7.76. The van der Waals surface area contributed by atoms with Crippen LogP contribution in [0.15, 0.2) is 52.7 Å². The lowest BCUT2D eigenvalue weighted by Crippen LogP contribution is -2.25. The molecule has 136 valence electrons. The molecule has 0 radical (unpaired) electrons. The average Bonchev–Trinajstić information content (AvgIpc) is 2.64. The van der Waals surface area contributed by atoms with Gasteiger partial charge in [0.1, 0.15) is 0 Å². The van der Waals surface area contributed by atoms with Crippen LogP contribution < -0.4 is 4.90 Å². The van der Waals surface area contributed by atoms with E-state index in [1.54, 1.807) is 24.3 Å². The standard InChI is InChI=1S/C16H17N5O5/c1-2-19(9-10-22)13-5-3-12(4-6-13)17-18-15-8-7-14(20(23)24)11-16(15)21(25)26/h3-8,11,22H,2,9-10H2,1H3. The SMILES string of the molecule is CCN(CCO)c1ccc(N=Nc2ccc([N+](=O)[O-])cc2[N+](=O)[O-])cc1. The number of nitro groups is 2. The lowest BCUT2D eigenvalue weighted by molar-refractivity contribution is -0.393. The normalized spacial score (nSPS) is 10.8. The van der Waals surface area contributed by atoms with Crippen LogP contribution in [0.2, 0.25) is 0 Å². The first-order valence-electron chi connectivity index (χ1n) is 7.76. The van der Waals surface area contributed by atoms with Crippen molar-refractivity contribution in [2.75, 3.05) is 24.6 Å². The minimum atomic E-state index is -0.738. The van der Waals surface area contributed by atoms with Gasteiger partial charge in [-0.15, -0.1) is 5.11 Å². The van der Waals surface area contributed by atoms with Crippen molar-refractivity contribution < 1.29 is 15.0 Å². The Morgan fingerprint density at radius 3 is 2.27 bits per heavy atom. The Bertz CT molecular complexity index is 822. The number of benzene rings is 2. The number of anilines is 1. The van der Waals surface area contributed by atoms with Gasteiger partial charge in [0.2, 0.25) is 0 Å². The second kappa shape index (κ2) is 8.62. The predicted molar refractivity (Wildman–Crippen MR) is 95.3 cm³/mol. The van der Waals surface area contributed by atoms with Gasteiger partial charge in [-0.3, -0.25) is 20.2 Å². The van der Waals surface area contributed by atoms with Crippen molar-refractivity contribution in [2.24, 2.45) is 10.2 Å². The first-order chi connectivity index (χ1) is 12.5. The van der Waals surface area contributed by atoms with Crippen molar-refractivity contribution in [2.45, 2.75) is 6.92 Å². The number of azo groups is 1. The molecule has 0 aliphatic carbocycles. The number of nitrogens with zero attached hydrogens (tertiary/aromatic N) is 5. The molecule has 0 saturated carbocycles. The highest BCUT2D eigenvalue weighted by Crippen LogP contribution is 2.32. The molecule has 0 amide bonds. The summed E-state index contributed by atoms with van der Waals surface area (Å²) in [6, 6.07) is 10.2. The number of rotatable bonds is 8. The van der Waals surface area contributed by atoms with Gasteiger partial charge >= 0.3 is 5.69 Å². The van der Waals surface area contributed by atoms with Crippen molar-refractivity contribution in [1.82, 2.24) is 0 Å². The second-order valence-electron chi connectivity index (χ2n) is 5.21. The van der Waals surface area contributed by atoms with Crippen molar-refractivity contribution in [1.29, 1.82) is 0 Å². The lowest BCUT2D eigenvalue weighted by Gasteiger charge is -2.21. The van der Waals surface area contributed by atoms with Crippen molar-refractivity contribution >= 4 is 28.4 Å². The van der Waals surface area contributed by atoms with E-state index in [0.717, 1.165) is 24.4 Å². The van der Waals surface area contributed by atoms with Crippen molar-refractivity contribution in [3.63, 3.8) is 0 Å². The van der Waals surface area contributed by atoms with Crippen LogP contribution in [0.1, 0.15) is 6.92 Å². The van der Waals surface area contributed by atoms with Crippen molar-refractivity contribution in [3.8, 4) is 0 Å². The third kappa shape index (κ3) is 4.57. The zero-order valence-electron chi connectivity index (χ0n) is 14.0. The summed E-state index contributed by atoms with van der Waals surface area (Å²) in [6.07, 6.45) is 0. The fourth-order valence-electron chi connectivity index (χ4n) is 2.29. The van der Waals surface area contributed by atoms with E-state index >= 15 is 0 Å². The Balaban J connectivity index is 2.24. The molecule has 0 spiro atoms. The van der Waals surface area contributed by atoms with Gasteiger partial charge in [-0.05, 0) is 37.3 Å². The molecule has 2 rings (SSSR count). The number of non-ortho nitro benzene ring substituents is 1. The maximum Gasteiger partial charge on any atom is 0.303 e. The molecule has 0 fully saturated rings. The predicted octanol–water partition coefficient (Wildman–Crippen LogP) is 3.74. The molecular formula is C16H17N5O5. The van der Waals surface area contributed by atoms with Gasteiger partial charge in [0.05, 0.1) is 28.2 Å². The van der Waals surface area contributed by atoms with Gasteiger partial charge in [-0.2, -0.15) is 5.11 Å². The molecule has 0 bridgehead atoms. The Morgan fingerprint density at radius 1 is 1.04 bits per heavy atom. The molecule has 1 N–H and O–H groups in total. The summed E-state index contributed by atoms with van der Waals surface area (Å²) in [6.45, 7) is 3.25. The molecule has 10 heteroatoms. The van der Waals surface area contributed by atoms with E-state index in [9.17, 15) is 20.2 Å². The van der Waals surface area contributed by atoms with Crippen LogP contribution in [0, 0.1) is 20.2 Å². The molecule has 0 aromatic heterocycles. The monoisotopic (exact) mass is 359 g/mol. The fraction of sp³-hybridized carbons (Fsp3) is 0.250. The number of hydrogen-bond acceptors (Lipinski definition) is 8. The summed E-state index contributed by atoms with van der Waals surface area (Å²) in [5.74, 6) is 0. The van der Waals surface area contributed by atoms with E-state index in [-0.39, 0.29) is 18.0 Å². The number of hydrogen-bond donors (Lipinski definition) is 1. The smallest absolute Gasteiger partial charge is 0.303 e. The van der Waals surface area contributed by atoms with Crippen LogP contribution in [0.5, 0.6) is 0 Å². The largest absolute Gasteiger partial charge is 0.395 e. The Kier molecular flexibility index (Phi) is 6.28. The summed E-state index contributed by atoms with van der Waals surface area (Å²) in [5, 5.41) is 38.6. The summed E-state index contributed by atoms with van der Waals surface area (Å²) >= 11 is 0. The molecule has 0 unspecified atom stereocenters. The van der Waals surface area contributed by atoms with E-state index < -0.39 is 15.5 Å². The third-order valence-electron chi connectivity index (χ3n) is 3.61. The molecule has 26 heavy (non-hydrogen) atoms. The van der Waals surface area contributed by atoms with E-state index in [0.29, 0.717) is 12.2 Å². The molecule has 0 aliphatic rings. The van der Waals surface area contributed by atoms with Crippen molar-refractivity contribution in [3.05, 3.63) is 62.7 Å². The molecule has 2 aromatic rings. The van der Waals surface area contributed by atoms with E-state index in [4.69, 9.17) is 5.11 Å². The van der Waals surface area contributed by atoms with Gasteiger partial charge in [-0.25, -0.2) is 0 Å². The minimum Gasteiger partial charge on any atom is -0.395 e. The Hall–Kier alpha value is -3.40. The summed E-state index contributed by atoms with van der Waals surface area (Å²) in [7, 11) is 0.